The molecular formula is C22H19N5O5S. The molecule has 2 aromatic heterocycles. The molecule has 0 atom stereocenters. The molecule has 0 unspecified atom stereocenters. The van der Waals surface area contributed by atoms with E-state index in [-0.39, 0.29) is 23.0 Å². The van der Waals surface area contributed by atoms with Crippen molar-refractivity contribution in [2.75, 3.05) is 19.1 Å². The molecule has 0 saturated heterocycles. The summed E-state index contributed by atoms with van der Waals surface area (Å²) in [7, 11) is -2.47. The highest BCUT2D eigenvalue weighted by Crippen LogP contribution is 2.27. The van der Waals surface area contributed by atoms with Crippen molar-refractivity contribution in [3.8, 4) is 22.7 Å². The summed E-state index contributed by atoms with van der Waals surface area (Å²) in [6.07, 6.45) is 2.33. The maximum Gasteiger partial charge on any atom is 0.270 e. The first kappa shape index (κ1) is 22.0. The number of hydrogen-bond acceptors (Lipinski definition) is 8. The predicted octanol–water partition coefficient (Wildman–Crippen LogP) is 1.73. The van der Waals surface area contributed by atoms with Gasteiger partial charge in [-0.2, -0.15) is 0 Å². The maximum atomic E-state index is 13.2. The first-order valence-electron chi connectivity index (χ1n) is 9.62. The van der Waals surface area contributed by atoms with E-state index in [1.807, 2.05) is 10.8 Å². The highest BCUT2D eigenvalue weighted by atomic mass is 32.2. The zero-order valence-corrected chi connectivity index (χ0v) is 18.5. The lowest BCUT2D eigenvalue weighted by molar-refractivity contribution is 0.0978. The number of hydrogen-bond donors (Lipinski definition) is 2. The van der Waals surface area contributed by atoms with Crippen LogP contribution < -0.4 is 20.8 Å². The normalized spacial score (nSPS) is 11.3. The molecule has 0 bridgehead atoms. The number of nitrogens with two attached hydrogens (primary N) is 1. The lowest BCUT2D eigenvalue weighted by Gasteiger charge is -2.12. The van der Waals surface area contributed by atoms with E-state index in [9.17, 15) is 18.0 Å². The topological polar surface area (TPSA) is 146 Å². The standard InChI is InChI=1S/C22H19N5O5S/c1-32-20-17(19(28)26-33(2,30)31)11-14(12-24-20)13-8-9-18-16(10-13)21(29)27(22(23)25-18)15-6-4-3-5-7-15/h3-12H,1-2H3,(H2,23,25)(H,26,28). The van der Waals surface area contributed by atoms with Gasteiger partial charge in [-0.05, 0) is 35.9 Å². The third kappa shape index (κ3) is 4.39. The van der Waals surface area contributed by atoms with Gasteiger partial charge in [0.05, 0.1) is 30.0 Å². The lowest BCUT2D eigenvalue weighted by Crippen LogP contribution is -2.29. The number of carbonyl (C=O) groups is 1. The molecule has 11 heteroatoms. The molecule has 0 saturated carbocycles. The largest absolute Gasteiger partial charge is 0.480 e. The Hall–Kier alpha value is -4.25. The van der Waals surface area contributed by atoms with Crippen LogP contribution >= 0.6 is 0 Å². The fraction of sp³-hybridized carbons (Fsp3) is 0.0909. The fourth-order valence-electron chi connectivity index (χ4n) is 3.37. The number of benzene rings is 2. The van der Waals surface area contributed by atoms with E-state index < -0.39 is 15.9 Å². The highest BCUT2D eigenvalue weighted by Gasteiger charge is 2.19. The van der Waals surface area contributed by atoms with E-state index in [4.69, 9.17) is 10.5 Å². The molecule has 10 nitrogen and oxygen atoms in total. The van der Waals surface area contributed by atoms with Gasteiger partial charge in [0.1, 0.15) is 5.56 Å². The minimum Gasteiger partial charge on any atom is -0.480 e. The van der Waals surface area contributed by atoms with Gasteiger partial charge in [0.15, 0.2) is 0 Å². The SMILES string of the molecule is COc1ncc(-c2ccc3nc(N)n(-c4ccccc4)c(=O)c3c2)cc1C(=O)NS(C)(=O)=O. The van der Waals surface area contributed by atoms with E-state index >= 15 is 0 Å². The number of ether oxygens (including phenoxy) is 1. The third-order valence-corrected chi connectivity index (χ3v) is 5.37. The van der Waals surface area contributed by atoms with Crippen LogP contribution in [0.2, 0.25) is 0 Å². The van der Waals surface area contributed by atoms with E-state index in [1.54, 1.807) is 42.5 Å². The minimum atomic E-state index is -3.79. The van der Waals surface area contributed by atoms with Crippen LogP contribution in [0, 0.1) is 0 Å². The zero-order valence-electron chi connectivity index (χ0n) is 17.6. The molecule has 4 rings (SSSR count). The van der Waals surface area contributed by atoms with E-state index in [1.165, 1.54) is 23.9 Å². The van der Waals surface area contributed by atoms with Crippen LogP contribution in [-0.2, 0) is 10.0 Å². The molecule has 0 radical (unpaired) electrons. The number of nitrogens with one attached hydrogen (secondary N) is 1. The van der Waals surface area contributed by atoms with Gasteiger partial charge in [0, 0.05) is 11.8 Å². The number of nitrogens with zero attached hydrogens (tertiary/aromatic N) is 3. The Labute approximate surface area is 188 Å². The average molecular weight is 465 g/mol. The van der Waals surface area contributed by atoms with Crippen LogP contribution in [0.15, 0.2) is 65.6 Å². The number of amides is 1. The molecule has 1 amide bonds. The maximum absolute atomic E-state index is 13.2. The van der Waals surface area contributed by atoms with Crippen molar-refractivity contribution < 1.29 is 17.9 Å². The summed E-state index contributed by atoms with van der Waals surface area (Å²) >= 11 is 0. The Bertz CT molecular complexity index is 1550. The average Bonchev–Trinajstić information content (AvgIpc) is 2.78. The summed E-state index contributed by atoms with van der Waals surface area (Å²) in [5.74, 6) is -0.871. The number of carbonyl (C=O) groups excluding carboxylic acids is 1. The number of sulfonamides is 1. The van der Waals surface area contributed by atoms with Crippen molar-refractivity contribution >= 4 is 32.8 Å². The van der Waals surface area contributed by atoms with Crippen molar-refractivity contribution in [2.24, 2.45) is 0 Å². The Balaban J connectivity index is 1.86. The second-order valence-electron chi connectivity index (χ2n) is 7.16. The first-order valence-corrected chi connectivity index (χ1v) is 11.5. The number of para-hydroxylation sites is 1. The first-order chi connectivity index (χ1) is 15.7. The number of fused-ring (bicyclic) bond motifs is 1. The van der Waals surface area contributed by atoms with E-state index in [2.05, 4.69) is 9.97 Å². The molecule has 3 N–H and O–H groups in total. The highest BCUT2D eigenvalue weighted by molar-refractivity contribution is 7.89. The van der Waals surface area contributed by atoms with Gasteiger partial charge in [-0.3, -0.25) is 9.59 Å². The van der Waals surface area contributed by atoms with Gasteiger partial charge in [0.25, 0.3) is 11.5 Å². The quantitative estimate of drug-likeness (QED) is 0.453. The Morgan fingerprint density at radius 3 is 2.48 bits per heavy atom. The molecule has 2 aromatic carbocycles. The summed E-state index contributed by atoms with van der Waals surface area (Å²) < 4.78 is 31.3. The van der Waals surface area contributed by atoms with Crippen LogP contribution in [-0.4, -0.2) is 42.2 Å². The molecule has 168 valence electrons. The predicted molar refractivity (Wildman–Crippen MR) is 124 cm³/mol. The molecule has 2 heterocycles. The number of aromatic nitrogens is 3. The summed E-state index contributed by atoms with van der Waals surface area (Å²) in [5, 5.41) is 0.309. The van der Waals surface area contributed by atoms with Gasteiger partial charge in [0.2, 0.25) is 21.9 Å². The van der Waals surface area contributed by atoms with Crippen molar-refractivity contribution in [2.45, 2.75) is 0 Å². The molecule has 0 aliphatic heterocycles. The zero-order chi connectivity index (χ0) is 23.8. The van der Waals surface area contributed by atoms with Crippen LogP contribution in [0.3, 0.4) is 0 Å². The number of pyridine rings is 1. The van der Waals surface area contributed by atoms with Crippen molar-refractivity contribution in [1.82, 2.24) is 19.3 Å². The van der Waals surface area contributed by atoms with Gasteiger partial charge in [-0.25, -0.2) is 27.7 Å². The molecular weight excluding hydrogens is 446 g/mol. The van der Waals surface area contributed by atoms with Crippen LogP contribution in [0.25, 0.3) is 27.7 Å². The van der Waals surface area contributed by atoms with Gasteiger partial charge >= 0.3 is 0 Å². The third-order valence-electron chi connectivity index (χ3n) is 4.81. The van der Waals surface area contributed by atoms with E-state index in [0.29, 0.717) is 27.7 Å². The number of anilines is 1. The fourth-order valence-corrected chi connectivity index (χ4v) is 3.81. The molecule has 0 aliphatic rings. The number of rotatable bonds is 5. The van der Waals surface area contributed by atoms with Crippen LogP contribution in [0.4, 0.5) is 5.95 Å². The molecule has 0 aliphatic carbocycles. The van der Waals surface area contributed by atoms with Gasteiger partial charge in [-0.15, -0.1) is 0 Å². The monoisotopic (exact) mass is 465 g/mol. The Morgan fingerprint density at radius 1 is 1.09 bits per heavy atom. The number of methoxy groups -OCH3 is 1. The smallest absolute Gasteiger partial charge is 0.270 e. The van der Waals surface area contributed by atoms with Gasteiger partial charge in [-0.1, -0.05) is 24.3 Å². The van der Waals surface area contributed by atoms with Crippen molar-refractivity contribution in [3.05, 3.63) is 76.7 Å². The Morgan fingerprint density at radius 2 is 1.82 bits per heavy atom. The van der Waals surface area contributed by atoms with Crippen molar-refractivity contribution in [3.63, 3.8) is 0 Å². The number of nitrogen functional groups attached to an aromatic ring is 1. The summed E-state index contributed by atoms with van der Waals surface area (Å²) in [6.45, 7) is 0. The van der Waals surface area contributed by atoms with E-state index in [0.717, 1.165) is 6.26 Å². The second-order valence-corrected chi connectivity index (χ2v) is 8.91. The minimum absolute atomic E-state index is 0.0402. The molecule has 0 fully saturated rings. The second kappa shape index (κ2) is 8.36. The Kier molecular flexibility index (Phi) is 5.56. The molecule has 33 heavy (non-hydrogen) atoms. The van der Waals surface area contributed by atoms with Gasteiger partial charge < -0.3 is 10.5 Å². The molecule has 0 spiro atoms. The molecule has 4 aromatic rings. The summed E-state index contributed by atoms with van der Waals surface area (Å²) in [6, 6.07) is 15.3. The summed E-state index contributed by atoms with van der Waals surface area (Å²) in [4.78, 5) is 34.1. The van der Waals surface area contributed by atoms with Crippen molar-refractivity contribution in [1.29, 1.82) is 0 Å². The van der Waals surface area contributed by atoms with Crippen LogP contribution in [0.1, 0.15) is 10.4 Å². The lowest BCUT2D eigenvalue weighted by atomic mass is 10.0. The van der Waals surface area contributed by atoms with Crippen LogP contribution in [0.5, 0.6) is 5.88 Å². The summed E-state index contributed by atoms with van der Waals surface area (Å²) in [5.41, 5.74) is 7.63.